The van der Waals surface area contributed by atoms with Crippen molar-refractivity contribution < 1.29 is 55.3 Å². The number of aromatic nitrogens is 1. The van der Waals surface area contributed by atoms with Crippen LogP contribution >= 0.6 is 0 Å². The number of halogens is 7. The standard InChI is InChI=1S/C21H24FN3O.2C2HF3O2/c22-19-5-3-17(4-6-19)15-24-12-9-21(10-13-24)8-7-20(26)25(21)16-18-2-1-11-23-14-18;2*3-2(4,5)1(6)7/h1-6,11,14H,7-10,12-13,15-16H2;2*(H,6,7). The van der Waals surface area contributed by atoms with E-state index in [9.17, 15) is 35.5 Å². The van der Waals surface area contributed by atoms with Crippen LogP contribution in [0.3, 0.4) is 0 Å². The Bertz CT molecular complexity index is 1110. The summed E-state index contributed by atoms with van der Waals surface area (Å²) in [6, 6.07) is 10.7. The molecular weight excluding hydrogens is 555 g/mol. The van der Waals surface area contributed by atoms with Gasteiger partial charge in [0.2, 0.25) is 5.91 Å². The lowest BCUT2D eigenvalue weighted by Gasteiger charge is -2.45. The van der Waals surface area contributed by atoms with Gasteiger partial charge in [-0.15, -0.1) is 0 Å². The lowest BCUT2D eigenvalue weighted by Crippen LogP contribution is -2.52. The van der Waals surface area contributed by atoms with E-state index >= 15 is 0 Å². The van der Waals surface area contributed by atoms with E-state index in [1.165, 1.54) is 12.1 Å². The predicted octanol–water partition coefficient (Wildman–Crippen LogP) is 4.64. The molecule has 0 unspecified atom stereocenters. The monoisotopic (exact) mass is 581 g/mol. The van der Waals surface area contributed by atoms with Crippen molar-refractivity contribution in [2.45, 2.75) is 56.7 Å². The smallest absolute Gasteiger partial charge is 0.475 e. The number of hydrogen-bond acceptors (Lipinski definition) is 5. The highest BCUT2D eigenvalue weighted by atomic mass is 19.4. The molecule has 2 fully saturated rings. The van der Waals surface area contributed by atoms with E-state index in [1.807, 2.05) is 30.5 Å². The summed E-state index contributed by atoms with van der Waals surface area (Å²) >= 11 is 0. The lowest BCUT2D eigenvalue weighted by atomic mass is 9.84. The number of alkyl halides is 6. The number of aliphatic carboxylic acids is 2. The highest BCUT2D eigenvalue weighted by molar-refractivity contribution is 5.79. The molecule has 0 bridgehead atoms. The van der Waals surface area contributed by atoms with Crippen LogP contribution < -0.4 is 0 Å². The van der Waals surface area contributed by atoms with E-state index < -0.39 is 24.3 Å². The summed E-state index contributed by atoms with van der Waals surface area (Å²) < 4.78 is 76.5. The van der Waals surface area contributed by atoms with Crippen molar-refractivity contribution in [2.75, 3.05) is 13.1 Å². The number of carboxylic acids is 2. The van der Waals surface area contributed by atoms with E-state index in [-0.39, 0.29) is 17.3 Å². The third-order valence-electron chi connectivity index (χ3n) is 6.33. The Balaban J connectivity index is 0.000000333. The van der Waals surface area contributed by atoms with E-state index in [0.29, 0.717) is 13.0 Å². The molecule has 0 aliphatic carbocycles. The molecule has 1 aromatic heterocycles. The number of nitrogens with zero attached hydrogens (tertiary/aromatic N) is 3. The minimum atomic E-state index is -5.08. The van der Waals surface area contributed by atoms with Gasteiger partial charge < -0.3 is 15.1 Å². The first-order valence-electron chi connectivity index (χ1n) is 11.8. The average molecular weight is 581 g/mol. The van der Waals surface area contributed by atoms with Crippen molar-refractivity contribution in [1.82, 2.24) is 14.8 Å². The molecule has 2 aliphatic rings. The van der Waals surface area contributed by atoms with Gasteiger partial charge in [-0.1, -0.05) is 18.2 Å². The molecule has 2 N–H and O–H groups in total. The Kier molecular flexibility index (Phi) is 11.0. The van der Waals surface area contributed by atoms with Crippen molar-refractivity contribution in [3.63, 3.8) is 0 Å². The van der Waals surface area contributed by atoms with Gasteiger partial charge in [-0.2, -0.15) is 26.3 Å². The lowest BCUT2D eigenvalue weighted by molar-refractivity contribution is -0.193. The van der Waals surface area contributed by atoms with Crippen molar-refractivity contribution in [3.8, 4) is 0 Å². The van der Waals surface area contributed by atoms with Gasteiger partial charge in [0.25, 0.3) is 0 Å². The van der Waals surface area contributed by atoms with Crippen LogP contribution in [0.4, 0.5) is 30.7 Å². The number of likely N-dealkylation sites (tertiary alicyclic amines) is 2. The quantitative estimate of drug-likeness (QED) is 0.506. The van der Waals surface area contributed by atoms with Gasteiger partial charge in [-0.05, 0) is 48.6 Å². The third kappa shape index (κ3) is 9.77. The molecule has 8 nitrogen and oxygen atoms in total. The SMILES string of the molecule is O=C(O)C(F)(F)F.O=C(O)C(F)(F)F.O=C1CCC2(CCN(Cc3ccc(F)cc3)CC2)N1Cc1cccnc1. The van der Waals surface area contributed by atoms with Gasteiger partial charge in [0, 0.05) is 50.5 Å². The van der Waals surface area contributed by atoms with E-state index in [1.54, 1.807) is 6.20 Å². The summed E-state index contributed by atoms with van der Waals surface area (Å²) in [4.78, 5) is 39.0. The maximum Gasteiger partial charge on any atom is 0.490 e. The van der Waals surface area contributed by atoms with Crippen LogP contribution in [0.1, 0.15) is 36.8 Å². The number of carboxylic acid groups (broad SMARTS) is 2. The molecule has 1 amide bonds. The molecule has 1 spiro atoms. The second kappa shape index (κ2) is 13.5. The van der Waals surface area contributed by atoms with Crippen LogP contribution in [0.25, 0.3) is 0 Å². The summed E-state index contributed by atoms with van der Waals surface area (Å²) in [6.45, 7) is 3.43. The summed E-state index contributed by atoms with van der Waals surface area (Å²) in [5.41, 5.74) is 2.22. The maximum atomic E-state index is 13.1. The minimum Gasteiger partial charge on any atom is -0.475 e. The van der Waals surface area contributed by atoms with Crippen LogP contribution in [-0.4, -0.2) is 73.8 Å². The molecule has 0 saturated carbocycles. The fourth-order valence-corrected chi connectivity index (χ4v) is 4.30. The number of amides is 1. The molecule has 2 saturated heterocycles. The molecule has 15 heteroatoms. The molecule has 3 heterocycles. The Morgan fingerprint density at radius 1 is 0.850 bits per heavy atom. The van der Waals surface area contributed by atoms with Crippen molar-refractivity contribution in [1.29, 1.82) is 0 Å². The first-order valence-corrected chi connectivity index (χ1v) is 11.8. The average Bonchev–Trinajstić information content (AvgIpc) is 3.17. The summed E-state index contributed by atoms with van der Waals surface area (Å²) in [5.74, 6) is -5.44. The molecule has 1 aromatic carbocycles. The number of piperidine rings is 1. The zero-order valence-electron chi connectivity index (χ0n) is 20.9. The van der Waals surface area contributed by atoms with Crippen molar-refractivity contribution in [3.05, 3.63) is 65.7 Å². The van der Waals surface area contributed by atoms with Gasteiger partial charge in [0.05, 0.1) is 0 Å². The van der Waals surface area contributed by atoms with Crippen molar-refractivity contribution in [2.24, 2.45) is 0 Å². The van der Waals surface area contributed by atoms with Gasteiger partial charge in [-0.25, -0.2) is 14.0 Å². The molecule has 2 aliphatic heterocycles. The van der Waals surface area contributed by atoms with E-state index in [4.69, 9.17) is 19.8 Å². The summed E-state index contributed by atoms with van der Waals surface area (Å²) in [5, 5.41) is 14.2. The number of benzene rings is 1. The van der Waals surface area contributed by atoms with Crippen LogP contribution in [0.15, 0.2) is 48.8 Å². The summed E-state index contributed by atoms with van der Waals surface area (Å²) in [6.07, 6.45) is -2.95. The molecular formula is C25H26F7N3O5. The summed E-state index contributed by atoms with van der Waals surface area (Å²) in [7, 11) is 0. The Morgan fingerprint density at radius 3 is 1.82 bits per heavy atom. The third-order valence-corrected chi connectivity index (χ3v) is 6.33. The highest BCUT2D eigenvalue weighted by Gasteiger charge is 2.46. The maximum absolute atomic E-state index is 13.1. The first-order chi connectivity index (χ1) is 18.5. The number of hydrogen-bond donors (Lipinski definition) is 2. The molecule has 220 valence electrons. The van der Waals surface area contributed by atoms with Gasteiger partial charge in [0.15, 0.2) is 0 Å². The van der Waals surface area contributed by atoms with Gasteiger partial charge in [0.1, 0.15) is 5.82 Å². The molecule has 0 radical (unpaired) electrons. The van der Waals surface area contributed by atoms with E-state index in [2.05, 4.69) is 14.8 Å². The van der Waals surface area contributed by atoms with Crippen LogP contribution in [0.5, 0.6) is 0 Å². The van der Waals surface area contributed by atoms with Gasteiger partial charge in [-0.3, -0.25) is 14.7 Å². The minimum absolute atomic E-state index is 0.00772. The fourth-order valence-electron chi connectivity index (χ4n) is 4.30. The zero-order valence-corrected chi connectivity index (χ0v) is 20.9. The molecule has 2 aromatic rings. The van der Waals surface area contributed by atoms with Crippen LogP contribution in [-0.2, 0) is 27.5 Å². The van der Waals surface area contributed by atoms with Crippen molar-refractivity contribution >= 4 is 17.8 Å². The van der Waals surface area contributed by atoms with Gasteiger partial charge >= 0.3 is 24.3 Å². The molecule has 0 atom stereocenters. The molecule has 4 rings (SSSR count). The first kappa shape index (κ1) is 32.5. The highest BCUT2D eigenvalue weighted by Crippen LogP contribution is 2.40. The van der Waals surface area contributed by atoms with Crippen LogP contribution in [0.2, 0.25) is 0 Å². The number of carbonyl (C=O) groups is 3. The second-order valence-corrected chi connectivity index (χ2v) is 9.07. The van der Waals surface area contributed by atoms with Crippen LogP contribution in [0, 0.1) is 5.82 Å². The Labute approximate surface area is 224 Å². The largest absolute Gasteiger partial charge is 0.490 e. The fraction of sp³-hybridized carbons (Fsp3) is 0.440. The Morgan fingerprint density at radius 2 is 1.38 bits per heavy atom. The van der Waals surface area contributed by atoms with E-state index in [0.717, 1.165) is 50.0 Å². The second-order valence-electron chi connectivity index (χ2n) is 9.07. The zero-order chi connectivity index (χ0) is 30.1. The number of rotatable bonds is 4. The normalized spacial score (nSPS) is 17.0. The predicted molar refractivity (Wildman–Crippen MR) is 125 cm³/mol. The number of carbonyl (C=O) groups excluding carboxylic acids is 1. The Hall–Kier alpha value is -3.75. The number of pyridine rings is 1. The topological polar surface area (TPSA) is 111 Å². The molecule has 40 heavy (non-hydrogen) atoms.